The molecule has 0 aliphatic heterocycles. The summed E-state index contributed by atoms with van der Waals surface area (Å²) in [5, 5.41) is 12.9. The summed E-state index contributed by atoms with van der Waals surface area (Å²) in [5.41, 5.74) is 7.90. The Kier molecular flexibility index (Phi) is 7.82. The van der Waals surface area contributed by atoms with E-state index in [-0.39, 0.29) is 11.3 Å². The van der Waals surface area contributed by atoms with E-state index in [0.29, 0.717) is 35.6 Å². The molecule has 0 unspecified atom stereocenters. The lowest BCUT2D eigenvalue weighted by Gasteiger charge is -2.10. The fourth-order valence-electron chi connectivity index (χ4n) is 3.75. The molecule has 5 aromatic rings. The van der Waals surface area contributed by atoms with Crippen molar-refractivity contribution in [1.82, 2.24) is 24.5 Å². The molecule has 38 heavy (non-hydrogen) atoms. The average Bonchev–Trinajstić information content (AvgIpc) is 3.30. The Labute approximate surface area is 216 Å². The first-order chi connectivity index (χ1) is 18.3. The number of nitrogens with one attached hydrogen (secondary N) is 1. The maximum absolute atomic E-state index is 13.1. The van der Waals surface area contributed by atoms with Crippen LogP contribution in [-0.4, -0.2) is 24.5 Å². The lowest BCUT2D eigenvalue weighted by molar-refractivity contribution is -0.137. The van der Waals surface area contributed by atoms with Crippen LogP contribution in [0.25, 0.3) is 22.3 Å². The first-order valence-electron chi connectivity index (χ1n) is 11.6. The molecule has 0 bridgehead atoms. The molecule has 4 aromatic heterocycles. The number of aryl methyl sites for hydroxylation is 1. The highest BCUT2D eigenvalue weighted by atomic mass is 19.4. The van der Waals surface area contributed by atoms with Crippen LogP contribution < -0.4 is 11.1 Å². The van der Waals surface area contributed by atoms with Crippen molar-refractivity contribution in [3.05, 3.63) is 96.5 Å². The maximum Gasteiger partial charge on any atom is 0.416 e. The number of rotatable bonds is 5. The summed E-state index contributed by atoms with van der Waals surface area (Å²) in [6.07, 6.45) is 2.20. The second-order valence-corrected chi connectivity index (χ2v) is 8.06. The molecule has 0 radical (unpaired) electrons. The van der Waals surface area contributed by atoms with Gasteiger partial charge in [-0.25, -0.2) is 9.97 Å². The summed E-state index contributed by atoms with van der Waals surface area (Å²) in [7, 11) is 0. The number of benzene rings is 1. The molecule has 4 heterocycles. The predicted molar refractivity (Wildman–Crippen MR) is 139 cm³/mol. The second kappa shape index (κ2) is 11.4. The van der Waals surface area contributed by atoms with Crippen molar-refractivity contribution in [3.63, 3.8) is 0 Å². The molecule has 8 nitrogen and oxygen atoms in total. The first kappa shape index (κ1) is 26.1. The number of nitrogens with two attached hydrogens (primary N) is 1. The number of fused-ring (bicyclic) bond motifs is 1. The lowest BCUT2D eigenvalue weighted by Crippen LogP contribution is -2.08. The van der Waals surface area contributed by atoms with Crippen LogP contribution in [-0.2, 0) is 19.3 Å². The van der Waals surface area contributed by atoms with Crippen molar-refractivity contribution in [3.8, 4) is 17.3 Å². The largest absolute Gasteiger partial charge is 0.416 e. The summed E-state index contributed by atoms with van der Waals surface area (Å²) in [5.74, 6) is 0.689. The minimum absolute atomic E-state index is 0.0715. The molecule has 0 aliphatic carbocycles. The fourth-order valence-corrected chi connectivity index (χ4v) is 3.75. The third kappa shape index (κ3) is 6.04. The minimum Gasteiger partial charge on any atom is -0.399 e. The van der Waals surface area contributed by atoms with Crippen molar-refractivity contribution >= 4 is 22.4 Å². The molecular formula is C27H23F3N8. The molecule has 0 atom stereocenters. The summed E-state index contributed by atoms with van der Waals surface area (Å²) < 4.78 is 41.3. The van der Waals surface area contributed by atoms with Gasteiger partial charge in [-0.15, -0.1) is 0 Å². The normalized spacial score (nSPS) is 10.9. The molecule has 3 N–H and O–H groups in total. The van der Waals surface area contributed by atoms with Gasteiger partial charge in [0, 0.05) is 48.3 Å². The molecule has 0 saturated heterocycles. The van der Waals surface area contributed by atoms with E-state index in [4.69, 9.17) is 5.73 Å². The number of halogens is 3. The van der Waals surface area contributed by atoms with E-state index in [2.05, 4.69) is 25.3 Å². The van der Waals surface area contributed by atoms with E-state index >= 15 is 0 Å². The van der Waals surface area contributed by atoms with Gasteiger partial charge in [0.1, 0.15) is 17.4 Å². The maximum atomic E-state index is 13.1. The van der Waals surface area contributed by atoms with Crippen LogP contribution in [0, 0.1) is 11.3 Å². The Morgan fingerprint density at radius 3 is 2.24 bits per heavy atom. The standard InChI is InChI=1S/C22H17F3N6.C5H6N2/c1-2-31-19-11-17(14-4-3-5-15(10-14)22(23,24)25)29-18(12-26)21(19)30-20(31)13-28-16-6-8-27-9-7-16;6-5-1-3-7-4-2-5/h3-11H,2,13H2,1H3,(H,27,28);1-4H,(H2,6,7). The minimum atomic E-state index is -4.46. The van der Waals surface area contributed by atoms with Gasteiger partial charge in [-0.2, -0.15) is 18.4 Å². The average molecular weight is 517 g/mol. The zero-order valence-corrected chi connectivity index (χ0v) is 20.3. The zero-order chi connectivity index (χ0) is 27.1. The van der Waals surface area contributed by atoms with Crippen LogP contribution >= 0.6 is 0 Å². The Bertz CT molecular complexity index is 1560. The van der Waals surface area contributed by atoms with Gasteiger partial charge < -0.3 is 15.6 Å². The van der Waals surface area contributed by atoms with Gasteiger partial charge in [-0.3, -0.25) is 9.97 Å². The van der Waals surface area contributed by atoms with Crippen molar-refractivity contribution < 1.29 is 13.2 Å². The van der Waals surface area contributed by atoms with Gasteiger partial charge in [0.05, 0.1) is 23.3 Å². The zero-order valence-electron chi connectivity index (χ0n) is 20.3. The van der Waals surface area contributed by atoms with Crippen LogP contribution in [0.15, 0.2) is 79.4 Å². The Morgan fingerprint density at radius 1 is 0.974 bits per heavy atom. The molecule has 11 heteroatoms. The molecule has 0 aliphatic rings. The molecule has 5 rings (SSSR count). The summed E-state index contributed by atoms with van der Waals surface area (Å²) >= 11 is 0. The quantitative estimate of drug-likeness (QED) is 0.309. The first-order valence-corrected chi connectivity index (χ1v) is 11.6. The number of nitriles is 1. The molecular weight excluding hydrogens is 493 g/mol. The van der Waals surface area contributed by atoms with Gasteiger partial charge in [0.15, 0.2) is 5.69 Å². The molecule has 0 amide bonds. The number of pyridine rings is 3. The van der Waals surface area contributed by atoms with Crippen molar-refractivity contribution in [2.45, 2.75) is 26.2 Å². The van der Waals surface area contributed by atoms with Crippen LogP contribution in [0.5, 0.6) is 0 Å². The van der Waals surface area contributed by atoms with E-state index < -0.39 is 11.7 Å². The highest BCUT2D eigenvalue weighted by Gasteiger charge is 2.30. The molecule has 0 spiro atoms. The fraction of sp³-hybridized carbons (Fsp3) is 0.148. The lowest BCUT2D eigenvalue weighted by atomic mass is 10.1. The smallest absolute Gasteiger partial charge is 0.399 e. The van der Waals surface area contributed by atoms with Crippen molar-refractivity contribution in [2.24, 2.45) is 0 Å². The third-order valence-corrected chi connectivity index (χ3v) is 5.56. The highest BCUT2D eigenvalue weighted by Crippen LogP contribution is 2.33. The number of hydrogen-bond donors (Lipinski definition) is 2. The van der Waals surface area contributed by atoms with E-state index in [1.165, 1.54) is 6.07 Å². The molecule has 0 saturated carbocycles. The Hall–Kier alpha value is -4.98. The number of alkyl halides is 3. The van der Waals surface area contributed by atoms with Crippen molar-refractivity contribution in [2.75, 3.05) is 11.1 Å². The van der Waals surface area contributed by atoms with Gasteiger partial charge in [0.25, 0.3) is 0 Å². The van der Waals surface area contributed by atoms with Gasteiger partial charge in [-0.1, -0.05) is 12.1 Å². The van der Waals surface area contributed by atoms with Crippen LogP contribution in [0.3, 0.4) is 0 Å². The number of imidazole rings is 1. The summed E-state index contributed by atoms with van der Waals surface area (Å²) in [6, 6.07) is 15.8. The molecule has 192 valence electrons. The number of anilines is 2. The number of aromatic nitrogens is 5. The van der Waals surface area contributed by atoms with Crippen LogP contribution in [0.1, 0.15) is 24.0 Å². The number of hydrogen-bond acceptors (Lipinski definition) is 7. The second-order valence-electron chi connectivity index (χ2n) is 8.06. The third-order valence-electron chi connectivity index (χ3n) is 5.56. The summed E-state index contributed by atoms with van der Waals surface area (Å²) in [4.78, 5) is 16.6. The molecule has 0 fully saturated rings. The predicted octanol–water partition coefficient (Wildman–Crippen LogP) is 5.68. The Balaban J connectivity index is 0.000000417. The van der Waals surface area contributed by atoms with E-state index in [9.17, 15) is 18.4 Å². The SMILES string of the molecule is CCn1c(CNc2ccncc2)nc2c(C#N)nc(-c3cccc(C(F)(F)F)c3)cc21.Nc1ccncc1. The topological polar surface area (TPSA) is 118 Å². The van der Waals surface area contributed by atoms with Gasteiger partial charge in [-0.05, 0) is 49.4 Å². The van der Waals surface area contributed by atoms with Crippen LogP contribution in [0.4, 0.5) is 24.5 Å². The van der Waals surface area contributed by atoms with Gasteiger partial charge >= 0.3 is 6.18 Å². The number of nitrogen functional groups attached to an aromatic ring is 1. The van der Waals surface area contributed by atoms with E-state index in [1.807, 2.05) is 29.7 Å². The molecule has 1 aromatic carbocycles. The van der Waals surface area contributed by atoms with Crippen LogP contribution in [0.2, 0.25) is 0 Å². The highest BCUT2D eigenvalue weighted by molar-refractivity contribution is 5.85. The number of nitrogens with zero attached hydrogens (tertiary/aromatic N) is 6. The van der Waals surface area contributed by atoms with E-state index in [1.54, 1.807) is 49.1 Å². The monoisotopic (exact) mass is 516 g/mol. The summed E-state index contributed by atoms with van der Waals surface area (Å²) in [6.45, 7) is 2.91. The van der Waals surface area contributed by atoms with Gasteiger partial charge in [0.2, 0.25) is 0 Å². The Morgan fingerprint density at radius 2 is 1.66 bits per heavy atom. The van der Waals surface area contributed by atoms with E-state index in [0.717, 1.165) is 23.5 Å². The van der Waals surface area contributed by atoms with Crippen molar-refractivity contribution in [1.29, 1.82) is 5.26 Å².